The number of hydrogen-bond acceptors (Lipinski definition) is 3. The number of aliphatic hydroxyl groups excluding tert-OH is 1. The van der Waals surface area contributed by atoms with Gasteiger partial charge in [-0.2, -0.15) is 0 Å². The summed E-state index contributed by atoms with van der Waals surface area (Å²) in [6, 6.07) is 4.20. The summed E-state index contributed by atoms with van der Waals surface area (Å²) in [6.07, 6.45) is 3.27. The number of rotatable bonds is 1. The number of aryl methyl sites for hydroxylation is 2. The van der Waals surface area contributed by atoms with Gasteiger partial charge in [0.1, 0.15) is 17.5 Å². The first-order valence-corrected chi connectivity index (χ1v) is 8.12. The van der Waals surface area contributed by atoms with Crippen molar-refractivity contribution in [1.82, 2.24) is 4.90 Å². The van der Waals surface area contributed by atoms with E-state index >= 15 is 0 Å². The van der Waals surface area contributed by atoms with Gasteiger partial charge in [-0.25, -0.2) is 0 Å². The normalized spacial score (nSPS) is 28.8. The van der Waals surface area contributed by atoms with E-state index in [1.54, 1.807) is 0 Å². The number of fused-ring (bicyclic) bond motifs is 1. The van der Waals surface area contributed by atoms with Crippen molar-refractivity contribution < 1.29 is 9.84 Å². The van der Waals surface area contributed by atoms with Crippen LogP contribution in [-0.2, 0) is 0 Å². The molecule has 0 radical (unpaired) electrons. The van der Waals surface area contributed by atoms with Crippen LogP contribution in [0.25, 0.3) is 0 Å². The maximum Gasteiger partial charge on any atom is 0.126 e. The number of piperidine rings is 1. The molecular weight excluding hydrogens is 262 g/mol. The first-order valence-electron chi connectivity index (χ1n) is 8.12. The molecule has 1 saturated heterocycles. The van der Waals surface area contributed by atoms with Crippen LogP contribution in [0.4, 0.5) is 0 Å². The standard InChI is InChI=1S/C18H27NO2/c1-12-10-14-15(11-13(12)2)21-18(3,4)17(16(14)20)19-8-6-5-7-9-19/h10-11,16-17,20H,5-9H2,1-4H3. The van der Waals surface area contributed by atoms with Crippen molar-refractivity contribution in [3.05, 3.63) is 28.8 Å². The molecule has 0 amide bonds. The highest BCUT2D eigenvalue weighted by Crippen LogP contribution is 2.43. The fraction of sp³-hybridized carbons (Fsp3) is 0.667. The summed E-state index contributed by atoms with van der Waals surface area (Å²) in [5, 5.41) is 11.0. The predicted octanol–water partition coefficient (Wildman–Crippen LogP) is 3.36. The molecule has 1 aromatic carbocycles. The molecule has 2 heterocycles. The van der Waals surface area contributed by atoms with Crippen molar-refractivity contribution in [2.45, 2.75) is 64.7 Å². The number of benzene rings is 1. The summed E-state index contributed by atoms with van der Waals surface area (Å²) < 4.78 is 6.29. The number of ether oxygens (including phenoxy) is 1. The van der Waals surface area contributed by atoms with Gasteiger partial charge in [-0.1, -0.05) is 6.42 Å². The van der Waals surface area contributed by atoms with Crippen LogP contribution in [0.1, 0.15) is 55.9 Å². The molecule has 0 bridgehead atoms. The SMILES string of the molecule is Cc1cc2c(cc1C)C(O)C(N1CCCCC1)C(C)(C)O2. The number of hydrogen-bond donors (Lipinski definition) is 1. The van der Waals surface area contributed by atoms with E-state index in [1.165, 1.54) is 30.4 Å². The van der Waals surface area contributed by atoms with Crippen LogP contribution in [0.5, 0.6) is 5.75 Å². The minimum Gasteiger partial charge on any atom is -0.486 e. The molecule has 1 fully saturated rings. The average Bonchev–Trinajstić information content (AvgIpc) is 2.42. The second kappa shape index (κ2) is 5.29. The van der Waals surface area contributed by atoms with Crippen LogP contribution in [0.15, 0.2) is 12.1 Å². The van der Waals surface area contributed by atoms with Gasteiger partial charge in [0.15, 0.2) is 0 Å². The fourth-order valence-corrected chi connectivity index (χ4v) is 3.86. The van der Waals surface area contributed by atoms with Gasteiger partial charge in [0.25, 0.3) is 0 Å². The van der Waals surface area contributed by atoms with Gasteiger partial charge in [0.05, 0.1) is 6.04 Å². The van der Waals surface area contributed by atoms with Gasteiger partial charge in [-0.3, -0.25) is 4.90 Å². The van der Waals surface area contributed by atoms with Crippen LogP contribution in [0, 0.1) is 13.8 Å². The molecule has 3 heteroatoms. The van der Waals surface area contributed by atoms with Gasteiger partial charge >= 0.3 is 0 Å². The van der Waals surface area contributed by atoms with Crippen LogP contribution < -0.4 is 4.74 Å². The quantitative estimate of drug-likeness (QED) is 0.860. The van der Waals surface area contributed by atoms with E-state index in [0.717, 1.165) is 24.4 Å². The topological polar surface area (TPSA) is 32.7 Å². The Morgan fingerprint density at radius 2 is 1.71 bits per heavy atom. The van der Waals surface area contributed by atoms with E-state index < -0.39 is 6.10 Å². The Hall–Kier alpha value is -1.06. The molecule has 3 nitrogen and oxygen atoms in total. The summed E-state index contributed by atoms with van der Waals surface area (Å²) in [6.45, 7) is 10.5. The average molecular weight is 289 g/mol. The third kappa shape index (κ3) is 2.58. The van der Waals surface area contributed by atoms with Crippen molar-refractivity contribution in [3.8, 4) is 5.75 Å². The molecule has 0 aliphatic carbocycles. The second-order valence-electron chi connectivity index (χ2n) is 7.17. The van der Waals surface area contributed by atoms with E-state index in [-0.39, 0.29) is 11.6 Å². The molecule has 21 heavy (non-hydrogen) atoms. The minimum absolute atomic E-state index is 0.0346. The van der Waals surface area contributed by atoms with Crippen LogP contribution in [0.3, 0.4) is 0 Å². The highest BCUT2D eigenvalue weighted by Gasteiger charge is 2.46. The third-order valence-corrected chi connectivity index (χ3v) is 5.11. The second-order valence-corrected chi connectivity index (χ2v) is 7.17. The van der Waals surface area contributed by atoms with Crippen molar-refractivity contribution in [2.75, 3.05) is 13.1 Å². The molecule has 3 rings (SSSR count). The molecular formula is C18H27NO2. The molecule has 2 aliphatic rings. The molecule has 0 spiro atoms. The van der Waals surface area contributed by atoms with Crippen LogP contribution >= 0.6 is 0 Å². The van der Waals surface area contributed by atoms with Crippen molar-refractivity contribution in [1.29, 1.82) is 0 Å². The Morgan fingerprint density at radius 1 is 1.10 bits per heavy atom. The lowest BCUT2D eigenvalue weighted by atomic mass is 9.83. The molecule has 0 aromatic heterocycles. The molecule has 2 aliphatic heterocycles. The van der Waals surface area contributed by atoms with Gasteiger partial charge < -0.3 is 9.84 Å². The molecule has 1 aromatic rings. The summed E-state index contributed by atoms with van der Waals surface area (Å²) in [4.78, 5) is 2.42. The highest BCUT2D eigenvalue weighted by molar-refractivity contribution is 5.46. The lowest BCUT2D eigenvalue weighted by Crippen LogP contribution is -2.59. The lowest BCUT2D eigenvalue weighted by molar-refractivity contribution is -0.0873. The first-order chi connectivity index (χ1) is 9.90. The number of nitrogens with zero attached hydrogens (tertiary/aromatic N) is 1. The van der Waals surface area contributed by atoms with Crippen molar-refractivity contribution >= 4 is 0 Å². The Kier molecular flexibility index (Phi) is 3.74. The van der Waals surface area contributed by atoms with Crippen LogP contribution in [0.2, 0.25) is 0 Å². The molecule has 2 atom stereocenters. The Labute approximate surface area is 127 Å². The van der Waals surface area contributed by atoms with Gasteiger partial charge in [-0.05, 0) is 76.9 Å². The largest absolute Gasteiger partial charge is 0.486 e. The highest BCUT2D eigenvalue weighted by atomic mass is 16.5. The van der Waals surface area contributed by atoms with E-state index in [9.17, 15) is 5.11 Å². The Morgan fingerprint density at radius 3 is 2.38 bits per heavy atom. The summed E-state index contributed by atoms with van der Waals surface area (Å²) in [5.74, 6) is 0.851. The zero-order chi connectivity index (χ0) is 15.2. The maximum atomic E-state index is 11.0. The maximum absolute atomic E-state index is 11.0. The Bertz CT molecular complexity index is 532. The predicted molar refractivity (Wildman–Crippen MR) is 84.8 cm³/mol. The monoisotopic (exact) mass is 289 g/mol. The Balaban J connectivity index is 1.99. The summed E-state index contributed by atoms with van der Waals surface area (Å²) in [5.41, 5.74) is 3.01. The van der Waals surface area contributed by atoms with Gasteiger partial charge in [0, 0.05) is 5.56 Å². The fourth-order valence-electron chi connectivity index (χ4n) is 3.86. The summed E-state index contributed by atoms with van der Waals surface area (Å²) >= 11 is 0. The minimum atomic E-state index is -0.471. The smallest absolute Gasteiger partial charge is 0.126 e. The summed E-state index contributed by atoms with van der Waals surface area (Å²) in [7, 11) is 0. The molecule has 1 N–H and O–H groups in total. The van der Waals surface area contributed by atoms with E-state index in [4.69, 9.17) is 4.74 Å². The molecule has 116 valence electrons. The molecule has 2 unspecified atom stereocenters. The first kappa shape index (κ1) is 14.9. The van der Waals surface area contributed by atoms with Gasteiger partial charge in [-0.15, -0.1) is 0 Å². The molecule has 0 saturated carbocycles. The van der Waals surface area contributed by atoms with E-state index in [1.807, 2.05) is 0 Å². The van der Waals surface area contributed by atoms with E-state index in [2.05, 4.69) is 44.7 Å². The van der Waals surface area contributed by atoms with Crippen molar-refractivity contribution in [2.24, 2.45) is 0 Å². The van der Waals surface area contributed by atoms with Gasteiger partial charge in [0.2, 0.25) is 0 Å². The lowest BCUT2D eigenvalue weighted by Gasteiger charge is -2.49. The zero-order valence-corrected chi connectivity index (χ0v) is 13.6. The number of likely N-dealkylation sites (tertiary alicyclic amines) is 1. The van der Waals surface area contributed by atoms with E-state index in [0.29, 0.717) is 0 Å². The van der Waals surface area contributed by atoms with Crippen molar-refractivity contribution in [3.63, 3.8) is 0 Å². The van der Waals surface area contributed by atoms with Crippen LogP contribution in [-0.4, -0.2) is 34.7 Å². The number of aliphatic hydroxyl groups is 1. The third-order valence-electron chi connectivity index (χ3n) is 5.11. The zero-order valence-electron chi connectivity index (χ0n) is 13.6.